The van der Waals surface area contributed by atoms with Crippen molar-refractivity contribution in [2.24, 2.45) is 0 Å². The fourth-order valence-corrected chi connectivity index (χ4v) is 2.89. The summed E-state index contributed by atoms with van der Waals surface area (Å²) in [6, 6.07) is 5.29. The van der Waals surface area contributed by atoms with Gasteiger partial charge >= 0.3 is 0 Å². The number of nitrogens with one attached hydrogen (secondary N) is 1. The number of nitrogens with zero attached hydrogens (tertiary/aromatic N) is 3. The van der Waals surface area contributed by atoms with Crippen LogP contribution in [0.25, 0.3) is 0 Å². The normalized spacial score (nSPS) is 12.2. The van der Waals surface area contributed by atoms with E-state index in [9.17, 15) is 4.79 Å². The number of aryl methyl sites for hydroxylation is 2. The fourth-order valence-electron chi connectivity index (χ4n) is 2.28. The van der Waals surface area contributed by atoms with Crippen LogP contribution >= 0.6 is 11.8 Å². The first-order valence-corrected chi connectivity index (χ1v) is 8.73. The Kier molecular flexibility index (Phi) is 5.14. The smallest absolute Gasteiger partial charge is 0.234 e. The highest BCUT2D eigenvalue weighted by molar-refractivity contribution is 7.99. The number of amides is 1. The molecule has 1 amide bonds. The molecule has 0 saturated carbocycles. The van der Waals surface area contributed by atoms with Gasteiger partial charge in [0.15, 0.2) is 11.5 Å². The van der Waals surface area contributed by atoms with Crippen molar-refractivity contribution in [2.75, 3.05) is 17.9 Å². The molecule has 8 heteroatoms. The van der Waals surface area contributed by atoms with Crippen LogP contribution in [0.5, 0.6) is 11.5 Å². The van der Waals surface area contributed by atoms with Crippen molar-refractivity contribution in [3.63, 3.8) is 0 Å². The third-order valence-corrected chi connectivity index (χ3v) is 4.32. The molecular formula is C16H18N4O3S. The number of carbonyl (C=O) groups excluding carboxylic acids is 1. The van der Waals surface area contributed by atoms with Gasteiger partial charge < -0.3 is 14.8 Å². The van der Waals surface area contributed by atoms with E-state index in [2.05, 4.69) is 20.5 Å². The quantitative estimate of drug-likeness (QED) is 0.804. The maximum Gasteiger partial charge on any atom is 0.234 e. The molecule has 1 N–H and O–H groups in total. The number of anilines is 1. The third kappa shape index (κ3) is 3.76. The van der Waals surface area contributed by atoms with E-state index in [0.29, 0.717) is 22.3 Å². The zero-order chi connectivity index (χ0) is 16.9. The van der Waals surface area contributed by atoms with Crippen LogP contribution in [-0.2, 0) is 17.6 Å². The fraction of sp³-hybridized carbons (Fsp3) is 0.375. The van der Waals surface area contributed by atoms with E-state index >= 15 is 0 Å². The molecule has 1 aromatic carbocycles. The molecule has 0 unspecified atom stereocenters. The number of ether oxygens (including phenoxy) is 2. The number of carbonyl (C=O) groups is 1. The molecule has 2 heterocycles. The monoisotopic (exact) mass is 346 g/mol. The van der Waals surface area contributed by atoms with Crippen LogP contribution in [0.1, 0.15) is 25.2 Å². The summed E-state index contributed by atoms with van der Waals surface area (Å²) < 4.78 is 10.5. The summed E-state index contributed by atoms with van der Waals surface area (Å²) in [5, 5.41) is 11.6. The average Bonchev–Trinajstić information content (AvgIpc) is 3.07. The minimum Gasteiger partial charge on any atom is -0.454 e. The van der Waals surface area contributed by atoms with Gasteiger partial charge in [-0.15, -0.1) is 5.10 Å². The summed E-state index contributed by atoms with van der Waals surface area (Å²) in [4.78, 5) is 16.5. The molecule has 24 heavy (non-hydrogen) atoms. The van der Waals surface area contributed by atoms with Crippen molar-refractivity contribution in [1.82, 2.24) is 15.2 Å². The molecule has 0 atom stereocenters. The Balaban J connectivity index is 1.57. The van der Waals surface area contributed by atoms with Crippen LogP contribution in [0.4, 0.5) is 5.69 Å². The van der Waals surface area contributed by atoms with E-state index in [1.54, 1.807) is 18.2 Å². The average molecular weight is 346 g/mol. The predicted octanol–water partition coefficient (Wildman–Crippen LogP) is 2.46. The third-order valence-electron chi connectivity index (χ3n) is 3.48. The van der Waals surface area contributed by atoms with Crippen molar-refractivity contribution in [3.8, 4) is 11.5 Å². The van der Waals surface area contributed by atoms with Crippen LogP contribution < -0.4 is 14.8 Å². The molecule has 1 aromatic heterocycles. The van der Waals surface area contributed by atoms with Crippen LogP contribution in [0.15, 0.2) is 23.4 Å². The standard InChI is InChI=1S/C16H18N4O3S/c1-3-11-12(4-2)19-20-16(18-11)24-8-15(21)17-10-5-6-13-14(7-10)23-9-22-13/h5-7H,3-4,8-9H2,1-2H3,(H,17,21). The van der Waals surface area contributed by atoms with Crippen LogP contribution in [0, 0.1) is 0 Å². The summed E-state index contributed by atoms with van der Waals surface area (Å²) in [5.41, 5.74) is 2.51. The van der Waals surface area contributed by atoms with E-state index in [1.165, 1.54) is 11.8 Å². The van der Waals surface area contributed by atoms with Gasteiger partial charge in [-0.05, 0) is 25.0 Å². The molecular weight excluding hydrogens is 328 g/mol. The second-order valence-electron chi connectivity index (χ2n) is 5.10. The molecule has 7 nitrogen and oxygen atoms in total. The van der Waals surface area contributed by atoms with Crippen molar-refractivity contribution in [3.05, 3.63) is 29.6 Å². The second-order valence-corrected chi connectivity index (χ2v) is 6.04. The van der Waals surface area contributed by atoms with Gasteiger partial charge in [-0.2, -0.15) is 5.10 Å². The Morgan fingerprint density at radius 3 is 2.75 bits per heavy atom. The molecule has 0 radical (unpaired) electrons. The van der Waals surface area contributed by atoms with Crippen LogP contribution in [0.2, 0.25) is 0 Å². The number of fused-ring (bicyclic) bond motifs is 1. The minimum atomic E-state index is -0.139. The SMILES string of the molecule is CCc1nnc(SCC(=O)Nc2ccc3c(c2)OCO3)nc1CC. The molecule has 0 aliphatic carbocycles. The number of benzene rings is 1. The van der Waals surface area contributed by atoms with E-state index in [4.69, 9.17) is 9.47 Å². The Morgan fingerprint density at radius 1 is 1.17 bits per heavy atom. The van der Waals surface area contributed by atoms with E-state index < -0.39 is 0 Å². The number of thioether (sulfide) groups is 1. The first kappa shape index (κ1) is 16.5. The predicted molar refractivity (Wildman–Crippen MR) is 90.5 cm³/mol. The van der Waals surface area contributed by atoms with Gasteiger partial charge in [0.25, 0.3) is 0 Å². The van der Waals surface area contributed by atoms with Crippen molar-refractivity contribution in [2.45, 2.75) is 31.8 Å². The molecule has 0 spiro atoms. The number of rotatable bonds is 6. The van der Waals surface area contributed by atoms with Crippen LogP contribution in [-0.4, -0.2) is 33.6 Å². The zero-order valence-corrected chi connectivity index (χ0v) is 14.4. The lowest BCUT2D eigenvalue weighted by atomic mass is 10.2. The Morgan fingerprint density at radius 2 is 1.96 bits per heavy atom. The highest BCUT2D eigenvalue weighted by Gasteiger charge is 2.14. The molecule has 2 aromatic rings. The summed E-state index contributed by atoms with van der Waals surface area (Å²) in [6.45, 7) is 4.26. The zero-order valence-electron chi connectivity index (χ0n) is 13.5. The molecule has 1 aliphatic heterocycles. The van der Waals surface area contributed by atoms with Gasteiger partial charge in [0.1, 0.15) is 0 Å². The van der Waals surface area contributed by atoms with E-state index in [-0.39, 0.29) is 18.5 Å². The lowest BCUT2D eigenvalue weighted by Gasteiger charge is -2.07. The topological polar surface area (TPSA) is 86.2 Å². The van der Waals surface area contributed by atoms with Crippen LogP contribution in [0.3, 0.4) is 0 Å². The van der Waals surface area contributed by atoms with Gasteiger partial charge in [0.05, 0.1) is 17.1 Å². The Labute approximate surface area is 144 Å². The number of aromatic nitrogens is 3. The minimum absolute atomic E-state index is 0.139. The van der Waals surface area contributed by atoms with Gasteiger partial charge in [0, 0.05) is 11.8 Å². The summed E-state index contributed by atoms with van der Waals surface area (Å²) in [7, 11) is 0. The maximum absolute atomic E-state index is 12.1. The summed E-state index contributed by atoms with van der Waals surface area (Å²) >= 11 is 1.27. The Hall–Kier alpha value is -2.35. The maximum atomic E-state index is 12.1. The number of hydrogen-bond donors (Lipinski definition) is 1. The lowest BCUT2D eigenvalue weighted by molar-refractivity contribution is -0.113. The largest absolute Gasteiger partial charge is 0.454 e. The van der Waals surface area contributed by atoms with Gasteiger partial charge in [0.2, 0.25) is 17.9 Å². The highest BCUT2D eigenvalue weighted by Crippen LogP contribution is 2.34. The molecule has 0 saturated heterocycles. The van der Waals surface area contributed by atoms with Gasteiger partial charge in [-0.1, -0.05) is 25.6 Å². The molecule has 0 bridgehead atoms. The van der Waals surface area contributed by atoms with Crippen molar-refractivity contribution in [1.29, 1.82) is 0 Å². The van der Waals surface area contributed by atoms with E-state index in [0.717, 1.165) is 24.2 Å². The van der Waals surface area contributed by atoms with Crippen molar-refractivity contribution >= 4 is 23.4 Å². The van der Waals surface area contributed by atoms with Gasteiger partial charge in [-0.25, -0.2) is 4.98 Å². The van der Waals surface area contributed by atoms with Crippen molar-refractivity contribution < 1.29 is 14.3 Å². The number of hydrogen-bond acceptors (Lipinski definition) is 7. The van der Waals surface area contributed by atoms with Gasteiger partial charge in [-0.3, -0.25) is 4.79 Å². The van der Waals surface area contributed by atoms with E-state index in [1.807, 2.05) is 13.8 Å². The highest BCUT2D eigenvalue weighted by atomic mass is 32.2. The first-order valence-electron chi connectivity index (χ1n) is 7.74. The lowest BCUT2D eigenvalue weighted by Crippen LogP contribution is -2.14. The molecule has 3 rings (SSSR count). The molecule has 0 fully saturated rings. The second kappa shape index (κ2) is 7.48. The summed E-state index contributed by atoms with van der Waals surface area (Å²) in [5.74, 6) is 1.39. The summed E-state index contributed by atoms with van der Waals surface area (Å²) in [6.07, 6.45) is 1.61. The molecule has 126 valence electrons. The Bertz CT molecular complexity index is 754. The molecule has 1 aliphatic rings. The first-order chi connectivity index (χ1) is 11.7.